The van der Waals surface area contributed by atoms with Gasteiger partial charge in [-0.05, 0) is 53.4 Å². The smallest absolute Gasteiger partial charge is 0.126 e. The number of aryl methyl sites for hydroxylation is 1. The summed E-state index contributed by atoms with van der Waals surface area (Å²) in [4.78, 5) is 0. The standard InChI is InChI=1S/C15H16FNO/c1-10-7-11(3-6-15(10)16)14-5-4-13(18-2)8-12(14)9-17/h3-8H,9,17H2,1-2H3. The molecule has 0 spiro atoms. The highest BCUT2D eigenvalue weighted by molar-refractivity contribution is 5.69. The molecule has 3 heteroatoms. The Bertz CT molecular complexity index is 566. The molecule has 0 aliphatic heterocycles. The van der Waals surface area contributed by atoms with Crippen molar-refractivity contribution in [2.45, 2.75) is 13.5 Å². The van der Waals surface area contributed by atoms with Crippen molar-refractivity contribution in [3.8, 4) is 16.9 Å². The first-order chi connectivity index (χ1) is 8.65. The Hall–Kier alpha value is -1.87. The van der Waals surface area contributed by atoms with Crippen LogP contribution in [0, 0.1) is 12.7 Å². The highest BCUT2D eigenvalue weighted by atomic mass is 19.1. The summed E-state index contributed by atoms with van der Waals surface area (Å²) in [5.74, 6) is 0.583. The zero-order valence-electron chi connectivity index (χ0n) is 10.5. The summed E-state index contributed by atoms with van der Waals surface area (Å²) >= 11 is 0. The summed E-state index contributed by atoms with van der Waals surface area (Å²) in [5, 5.41) is 0. The van der Waals surface area contributed by atoms with E-state index in [1.807, 2.05) is 24.3 Å². The number of benzene rings is 2. The number of nitrogens with two attached hydrogens (primary N) is 1. The Morgan fingerprint density at radius 2 is 1.94 bits per heavy atom. The van der Waals surface area contributed by atoms with E-state index in [-0.39, 0.29) is 5.82 Å². The van der Waals surface area contributed by atoms with Crippen molar-refractivity contribution in [2.75, 3.05) is 7.11 Å². The van der Waals surface area contributed by atoms with E-state index < -0.39 is 0 Å². The van der Waals surface area contributed by atoms with Gasteiger partial charge in [0.25, 0.3) is 0 Å². The van der Waals surface area contributed by atoms with Gasteiger partial charge in [0.1, 0.15) is 11.6 Å². The minimum absolute atomic E-state index is 0.193. The van der Waals surface area contributed by atoms with Gasteiger partial charge in [0.15, 0.2) is 0 Å². The van der Waals surface area contributed by atoms with Crippen LogP contribution in [0.4, 0.5) is 4.39 Å². The molecular formula is C15H16FNO. The molecule has 0 saturated carbocycles. The van der Waals surface area contributed by atoms with Crippen LogP contribution in [0.1, 0.15) is 11.1 Å². The van der Waals surface area contributed by atoms with Crippen LogP contribution in [0.5, 0.6) is 5.75 Å². The molecule has 18 heavy (non-hydrogen) atoms. The summed E-state index contributed by atoms with van der Waals surface area (Å²) in [6, 6.07) is 10.8. The number of hydrogen-bond donors (Lipinski definition) is 1. The van der Waals surface area contributed by atoms with Crippen molar-refractivity contribution >= 4 is 0 Å². The minimum Gasteiger partial charge on any atom is -0.497 e. The maximum absolute atomic E-state index is 13.3. The number of methoxy groups -OCH3 is 1. The van der Waals surface area contributed by atoms with Crippen LogP contribution in [0.3, 0.4) is 0 Å². The van der Waals surface area contributed by atoms with Crippen molar-refractivity contribution in [1.82, 2.24) is 0 Å². The molecule has 2 aromatic rings. The second-order valence-corrected chi connectivity index (χ2v) is 4.19. The maximum Gasteiger partial charge on any atom is 0.126 e. The molecule has 0 radical (unpaired) electrons. The van der Waals surface area contributed by atoms with E-state index in [1.165, 1.54) is 6.07 Å². The summed E-state index contributed by atoms with van der Waals surface area (Å²) in [5.41, 5.74) is 9.35. The molecule has 0 heterocycles. The number of halogens is 1. The van der Waals surface area contributed by atoms with Crippen molar-refractivity contribution < 1.29 is 9.13 Å². The lowest BCUT2D eigenvalue weighted by molar-refractivity contribution is 0.414. The molecule has 0 unspecified atom stereocenters. The van der Waals surface area contributed by atoms with Crippen LogP contribution in [-0.2, 0) is 6.54 Å². The highest BCUT2D eigenvalue weighted by Crippen LogP contribution is 2.28. The van der Waals surface area contributed by atoms with Gasteiger partial charge in [-0.15, -0.1) is 0 Å². The van der Waals surface area contributed by atoms with E-state index in [9.17, 15) is 4.39 Å². The van der Waals surface area contributed by atoms with E-state index in [0.29, 0.717) is 12.1 Å². The van der Waals surface area contributed by atoms with Crippen LogP contribution < -0.4 is 10.5 Å². The molecule has 0 saturated heterocycles. The quantitative estimate of drug-likeness (QED) is 0.900. The zero-order valence-corrected chi connectivity index (χ0v) is 10.5. The topological polar surface area (TPSA) is 35.2 Å². The van der Waals surface area contributed by atoms with E-state index in [2.05, 4.69) is 0 Å². The summed E-state index contributed by atoms with van der Waals surface area (Å²) in [7, 11) is 1.62. The predicted molar refractivity (Wildman–Crippen MR) is 71.0 cm³/mol. The molecule has 0 fully saturated rings. The Kier molecular flexibility index (Phi) is 3.63. The van der Waals surface area contributed by atoms with E-state index in [0.717, 1.165) is 22.4 Å². The molecule has 0 aromatic heterocycles. The molecule has 2 nitrogen and oxygen atoms in total. The lowest BCUT2D eigenvalue weighted by atomic mass is 9.98. The molecule has 0 atom stereocenters. The lowest BCUT2D eigenvalue weighted by Crippen LogP contribution is -2.00. The van der Waals surface area contributed by atoms with E-state index >= 15 is 0 Å². The first-order valence-electron chi connectivity index (χ1n) is 5.79. The third kappa shape index (κ3) is 2.36. The number of hydrogen-bond acceptors (Lipinski definition) is 2. The van der Waals surface area contributed by atoms with Gasteiger partial charge in [-0.25, -0.2) is 4.39 Å². The molecule has 0 amide bonds. The van der Waals surface area contributed by atoms with Crippen molar-refractivity contribution in [2.24, 2.45) is 5.73 Å². The van der Waals surface area contributed by atoms with Gasteiger partial charge in [-0.2, -0.15) is 0 Å². The molecule has 94 valence electrons. The van der Waals surface area contributed by atoms with Gasteiger partial charge in [0.2, 0.25) is 0 Å². The SMILES string of the molecule is COc1ccc(-c2ccc(F)c(C)c2)c(CN)c1. The van der Waals surface area contributed by atoms with Crippen molar-refractivity contribution in [3.63, 3.8) is 0 Å². The predicted octanol–water partition coefficient (Wildman–Crippen LogP) is 3.27. The van der Waals surface area contributed by atoms with Gasteiger partial charge in [0, 0.05) is 6.54 Å². The fourth-order valence-electron chi connectivity index (χ4n) is 1.96. The van der Waals surface area contributed by atoms with Gasteiger partial charge in [-0.1, -0.05) is 12.1 Å². The molecular weight excluding hydrogens is 229 g/mol. The monoisotopic (exact) mass is 245 g/mol. The average molecular weight is 245 g/mol. The van der Waals surface area contributed by atoms with Gasteiger partial charge in [0.05, 0.1) is 7.11 Å². The molecule has 2 aromatic carbocycles. The first kappa shape index (κ1) is 12.6. The van der Waals surface area contributed by atoms with Gasteiger partial charge < -0.3 is 10.5 Å². The van der Waals surface area contributed by atoms with Crippen LogP contribution >= 0.6 is 0 Å². The van der Waals surface area contributed by atoms with E-state index in [1.54, 1.807) is 20.1 Å². The highest BCUT2D eigenvalue weighted by Gasteiger charge is 2.07. The second-order valence-electron chi connectivity index (χ2n) is 4.19. The van der Waals surface area contributed by atoms with E-state index in [4.69, 9.17) is 10.5 Å². The fourth-order valence-corrected chi connectivity index (χ4v) is 1.96. The number of rotatable bonds is 3. The maximum atomic E-state index is 13.3. The Labute approximate surface area is 106 Å². The summed E-state index contributed by atoms with van der Waals surface area (Å²) < 4.78 is 18.4. The molecule has 0 aliphatic rings. The van der Waals surface area contributed by atoms with Crippen LogP contribution in [0.2, 0.25) is 0 Å². The lowest BCUT2D eigenvalue weighted by Gasteiger charge is -2.11. The third-order valence-electron chi connectivity index (χ3n) is 3.00. The molecule has 2 rings (SSSR count). The van der Waals surface area contributed by atoms with Gasteiger partial charge >= 0.3 is 0 Å². The van der Waals surface area contributed by atoms with Gasteiger partial charge in [-0.3, -0.25) is 0 Å². The fraction of sp³-hybridized carbons (Fsp3) is 0.200. The Morgan fingerprint density at radius 3 is 2.56 bits per heavy atom. The van der Waals surface area contributed by atoms with Crippen LogP contribution in [-0.4, -0.2) is 7.11 Å². The Balaban J connectivity index is 2.52. The Morgan fingerprint density at radius 1 is 1.17 bits per heavy atom. The normalized spacial score (nSPS) is 10.4. The average Bonchev–Trinajstić information content (AvgIpc) is 2.41. The van der Waals surface area contributed by atoms with Crippen LogP contribution in [0.15, 0.2) is 36.4 Å². The molecule has 0 bridgehead atoms. The summed E-state index contributed by atoms with van der Waals surface area (Å²) in [6.45, 7) is 2.17. The van der Waals surface area contributed by atoms with Crippen molar-refractivity contribution in [3.05, 3.63) is 53.3 Å². The minimum atomic E-state index is -0.193. The molecule has 0 aliphatic carbocycles. The third-order valence-corrected chi connectivity index (χ3v) is 3.00. The summed E-state index contributed by atoms with van der Waals surface area (Å²) in [6.07, 6.45) is 0. The number of ether oxygens (including phenoxy) is 1. The first-order valence-corrected chi connectivity index (χ1v) is 5.79. The zero-order chi connectivity index (χ0) is 13.1. The van der Waals surface area contributed by atoms with Crippen LogP contribution in [0.25, 0.3) is 11.1 Å². The second kappa shape index (κ2) is 5.19. The largest absolute Gasteiger partial charge is 0.497 e. The van der Waals surface area contributed by atoms with Crippen molar-refractivity contribution in [1.29, 1.82) is 0 Å². The molecule has 2 N–H and O–H groups in total.